The van der Waals surface area contributed by atoms with Crippen LogP contribution in [0, 0.1) is 0 Å². The van der Waals surface area contributed by atoms with E-state index in [0.29, 0.717) is 6.54 Å². The molecule has 0 aliphatic heterocycles. The summed E-state index contributed by atoms with van der Waals surface area (Å²) < 4.78 is 25.8. The number of anilines is 1. The standard InChI is InChI=1S/C12H19N3O3S/c1-3-4-7-15(2)19(17,18)11-6-5-9(12(14)16)8-10(11)13/h5-6,8H,3-4,7,13H2,1-2H3,(H2,14,16). The highest BCUT2D eigenvalue weighted by atomic mass is 32.2. The first kappa shape index (κ1) is 15.5. The lowest BCUT2D eigenvalue weighted by molar-refractivity contribution is 0.1000. The Kier molecular flexibility index (Phi) is 4.90. The molecule has 1 aromatic rings. The lowest BCUT2D eigenvalue weighted by atomic mass is 10.2. The SMILES string of the molecule is CCCCN(C)S(=O)(=O)c1ccc(C(N)=O)cc1N. The number of rotatable bonds is 6. The fraction of sp³-hybridized carbons (Fsp3) is 0.417. The van der Waals surface area contributed by atoms with Gasteiger partial charge in [-0.25, -0.2) is 12.7 Å². The number of carbonyl (C=O) groups is 1. The molecule has 1 rings (SSSR count). The molecule has 0 unspecified atom stereocenters. The van der Waals surface area contributed by atoms with Crippen LogP contribution >= 0.6 is 0 Å². The summed E-state index contributed by atoms with van der Waals surface area (Å²) in [7, 11) is -2.12. The molecule has 0 aliphatic carbocycles. The molecule has 0 atom stereocenters. The summed E-state index contributed by atoms with van der Waals surface area (Å²) in [6.07, 6.45) is 1.67. The van der Waals surface area contributed by atoms with Crippen molar-refractivity contribution in [3.63, 3.8) is 0 Å². The molecule has 0 spiro atoms. The Morgan fingerprint density at radius 1 is 1.37 bits per heavy atom. The summed E-state index contributed by atoms with van der Waals surface area (Å²) in [5.41, 5.74) is 11.0. The summed E-state index contributed by atoms with van der Waals surface area (Å²) >= 11 is 0. The monoisotopic (exact) mass is 285 g/mol. The maximum Gasteiger partial charge on any atom is 0.248 e. The van der Waals surface area contributed by atoms with E-state index in [9.17, 15) is 13.2 Å². The zero-order chi connectivity index (χ0) is 14.6. The van der Waals surface area contributed by atoms with Gasteiger partial charge in [0.15, 0.2) is 0 Å². The molecule has 4 N–H and O–H groups in total. The van der Waals surface area contributed by atoms with Crippen molar-refractivity contribution in [1.29, 1.82) is 0 Å². The predicted molar refractivity (Wildman–Crippen MR) is 74.1 cm³/mol. The van der Waals surface area contributed by atoms with Gasteiger partial charge in [0, 0.05) is 19.2 Å². The molecule has 0 saturated carbocycles. The van der Waals surface area contributed by atoms with Gasteiger partial charge < -0.3 is 11.5 Å². The van der Waals surface area contributed by atoms with E-state index >= 15 is 0 Å². The number of nitrogens with two attached hydrogens (primary N) is 2. The average molecular weight is 285 g/mol. The van der Waals surface area contributed by atoms with E-state index < -0.39 is 15.9 Å². The van der Waals surface area contributed by atoms with E-state index in [-0.39, 0.29) is 16.1 Å². The number of carbonyl (C=O) groups excluding carboxylic acids is 1. The Balaban J connectivity index is 3.12. The Bertz CT molecular complexity index is 570. The number of hydrogen-bond donors (Lipinski definition) is 2. The number of sulfonamides is 1. The lowest BCUT2D eigenvalue weighted by Crippen LogP contribution is -2.28. The topological polar surface area (TPSA) is 106 Å². The Labute approximate surface area is 113 Å². The third-order valence-electron chi connectivity index (χ3n) is 2.81. The van der Waals surface area contributed by atoms with Crippen LogP contribution in [0.4, 0.5) is 5.69 Å². The first-order valence-corrected chi connectivity index (χ1v) is 7.40. The van der Waals surface area contributed by atoms with E-state index in [4.69, 9.17) is 11.5 Å². The number of hydrogen-bond acceptors (Lipinski definition) is 4. The molecule has 0 bridgehead atoms. The van der Waals surface area contributed by atoms with Crippen molar-refractivity contribution in [3.05, 3.63) is 23.8 Å². The largest absolute Gasteiger partial charge is 0.398 e. The molecule has 7 heteroatoms. The smallest absolute Gasteiger partial charge is 0.248 e. The van der Waals surface area contributed by atoms with Gasteiger partial charge in [0.2, 0.25) is 15.9 Å². The number of nitrogens with zero attached hydrogens (tertiary/aromatic N) is 1. The van der Waals surface area contributed by atoms with Gasteiger partial charge in [0.1, 0.15) is 4.90 Å². The fourth-order valence-electron chi connectivity index (χ4n) is 1.61. The maximum absolute atomic E-state index is 12.3. The third kappa shape index (κ3) is 3.45. The van der Waals surface area contributed by atoms with Crippen LogP contribution in [-0.4, -0.2) is 32.2 Å². The van der Waals surface area contributed by atoms with Crippen molar-refractivity contribution in [2.24, 2.45) is 5.73 Å². The third-order valence-corrected chi connectivity index (χ3v) is 4.74. The zero-order valence-corrected chi connectivity index (χ0v) is 11.9. The molecular weight excluding hydrogens is 266 g/mol. The molecule has 1 amide bonds. The summed E-state index contributed by atoms with van der Waals surface area (Å²) in [6, 6.07) is 3.95. The van der Waals surface area contributed by atoms with Crippen molar-refractivity contribution in [3.8, 4) is 0 Å². The van der Waals surface area contributed by atoms with Crippen LogP contribution in [0.1, 0.15) is 30.1 Å². The maximum atomic E-state index is 12.3. The molecule has 6 nitrogen and oxygen atoms in total. The second kappa shape index (κ2) is 6.03. The highest BCUT2D eigenvalue weighted by Gasteiger charge is 2.23. The second-order valence-corrected chi connectivity index (χ2v) is 6.31. The van der Waals surface area contributed by atoms with Crippen LogP contribution in [0.25, 0.3) is 0 Å². The van der Waals surface area contributed by atoms with Gasteiger partial charge in [-0.05, 0) is 24.6 Å². The minimum Gasteiger partial charge on any atom is -0.398 e. The van der Waals surface area contributed by atoms with Crippen LogP contribution in [0.3, 0.4) is 0 Å². The van der Waals surface area contributed by atoms with Crippen molar-refractivity contribution in [2.45, 2.75) is 24.7 Å². The van der Waals surface area contributed by atoms with Gasteiger partial charge in [0.25, 0.3) is 0 Å². The van der Waals surface area contributed by atoms with Crippen molar-refractivity contribution in [2.75, 3.05) is 19.3 Å². The molecule has 106 valence electrons. The minimum absolute atomic E-state index is 0.00361. The first-order chi connectivity index (χ1) is 8.80. The van der Waals surface area contributed by atoms with Crippen LogP contribution in [0.2, 0.25) is 0 Å². The molecule has 0 aromatic heterocycles. The zero-order valence-electron chi connectivity index (χ0n) is 11.1. The molecular formula is C12H19N3O3S. The molecule has 0 fully saturated rings. The number of benzene rings is 1. The molecule has 1 aromatic carbocycles. The van der Waals surface area contributed by atoms with Gasteiger partial charge in [-0.1, -0.05) is 13.3 Å². The Morgan fingerprint density at radius 2 is 2.00 bits per heavy atom. The number of primary amides is 1. The summed E-state index contributed by atoms with van der Waals surface area (Å²) in [5, 5.41) is 0. The van der Waals surface area contributed by atoms with E-state index in [1.165, 1.54) is 29.6 Å². The highest BCUT2D eigenvalue weighted by Crippen LogP contribution is 2.23. The molecule has 19 heavy (non-hydrogen) atoms. The van der Waals surface area contributed by atoms with Gasteiger partial charge in [0.05, 0.1) is 5.69 Å². The average Bonchev–Trinajstić information content (AvgIpc) is 2.35. The van der Waals surface area contributed by atoms with Crippen molar-refractivity contribution < 1.29 is 13.2 Å². The van der Waals surface area contributed by atoms with Gasteiger partial charge in [-0.3, -0.25) is 4.79 Å². The Hall–Kier alpha value is -1.60. The number of amides is 1. The lowest BCUT2D eigenvalue weighted by Gasteiger charge is -2.18. The van der Waals surface area contributed by atoms with Crippen molar-refractivity contribution in [1.82, 2.24) is 4.31 Å². The van der Waals surface area contributed by atoms with Crippen LogP contribution in [0.5, 0.6) is 0 Å². The number of nitrogen functional groups attached to an aromatic ring is 1. The van der Waals surface area contributed by atoms with E-state index in [1.807, 2.05) is 6.92 Å². The van der Waals surface area contributed by atoms with Gasteiger partial charge in [-0.15, -0.1) is 0 Å². The summed E-state index contributed by atoms with van der Waals surface area (Å²) in [5.74, 6) is -0.644. The predicted octanol–water partition coefficient (Wildman–Crippen LogP) is 0.788. The van der Waals surface area contributed by atoms with E-state index in [0.717, 1.165) is 12.8 Å². The quantitative estimate of drug-likeness (QED) is 0.753. The molecule has 0 saturated heterocycles. The minimum atomic E-state index is -3.63. The van der Waals surface area contributed by atoms with Crippen molar-refractivity contribution >= 4 is 21.6 Å². The number of unbranched alkanes of at least 4 members (excludes halogenated alkanes) is 1. The summed E-state index contributed by atoms with van der Waals surface area (Å²) in [6.45, 7) is 2.41. The van der Waals surface area contributed by atoms with Crippen LogP contribution in [0.15, 0.2) is 23.1 Å². The van der Waals surface area contributed by atoms with E-state index in [1.54, 1.807) is 0 Å². The Morgan fingerprint density at radius 3 is 2.47 bits per heavy atom. The normalized spacial score (nSPS) is 11.7. The first-order valence-electron chi connectivity index (χ1n) is 5.96. The second-order valence-electron chi connectivity index (χ2n) is 4.30. The molecule has 0 heterocycles. The van der Waals surface area contributed by atoms with Crippen LogP contribution in [-0.2, 0) is 10.0 Å². The summed E-state index contributed by atoms with van der Waals surface area (Å²) in [4.78, 5) is 11.0. The van der Waals surface area contributed by atoms with Crippen LogP contribution < -0.4 is 11.5 Å². The highest BCUT2D eigenvalue weighted by molar-refractivity contribution is 7.89. The van der Waals surface area contributed by atoms with Gasteiger partial charge >= 0.3 is 0 Å². The fourth-order valence-corrected chi connectivity index (χ4v) is 2.91. The van der Waals surface area contributed by atoms with E-state index in [2.05, 4.69) is 0 Å². The molecule has 0 radical (unpaired) electrons. The molecule has 0 aliphatic rings. The van der Waals surface area contributed by atoms with Gasteiger partial charge in [-0.2, -0.15) is 0 Å².